The van der Waals surface area contributed by atoms with Crippen molar-refractivity contribution < 1.29 is 9.59 Å². The van der Waals surface area contributed by atoms with E-state index in [1.165, 1.54) is 16.0 Å². The number of carbonyl (C=O) groups is 2. The van der Waals surface area contributed by atoms with Gasteiger partial charge in [-0.05, 0) is 48.1 Å². The highest BCUT2D eigenvalue weighted by atomic mass is 35.5. The molecule has 7 heteroatoms. The molecule has 2 atom stereocenters. The first-order valence-electron chi connectivity index (χ1n) is 11.7. The predicted molar refractivity (Wildman–Crippen MR) is 136 cm³/mol. The highest BCUT2D eigenvalue weighted by molar-refractivity contribution is 7.10. The first-order valence-corrected chi connectivity index (χ1v) is 13.0. The maximum atomic E-state index is 13.6. The molecule has 0 saturated carbocycles. The van der Waals surface area contributed by atoms with E-state index in [-0.39, 0.29) is 23.9 Å². The van der Waals surface area contributed by atoms with E-state index in [1.54, 1.807) is 17.0 Å². The second kappa shape index (κ2) is 9.90. The molecule has 3 heterocycles. The van der Waals surface area contributed by atoms with Crippen LogP contribution in [0.25, 0.3) is 0 Å². The van der Waals surface area contributed by atoms with Crippen LogP contribution in [0.1, 0.15) is 39.3 Å². The lowest BCUT2D eigenvalue weighted by molar-refractivity contribution is -0.138. The van der Waals surface area contributed by atoms with E-state index < -0.39 is 0 Å². The van der Waals surface area contributed by atoms with Crippen molar-refractivity contribution in [3.63, 3.8) is 0 Å². The minimum Gasteiger partial charge on any atom is -0.338 e. The molecular weight excluding hydrogens is 466 g/mol. The summed E-state index contributed by atoms with van der Waals surface area (Å²) in [6.45, 7) is 4.97. The highest BCUT2D eigenvalue weighted by Gasteiger charge is 2.37. The molecular formula is C27H28ClN3O2S. The molecule has 2 aliphatic heterocycles. The Hall–Kier alpha value is -2.67. The van der Waals surface area contributed by atoms with Crippen LogP contribution in [0.15, 0.2) is 66.0 Å². The lowest BCUT2D eigenvalue weighted by Gasteiger charge is -2.42. The smallest absolute Gasteiger partial charge is 0.255 e. The van der Waals surface area contributed by atoms with Crippen LogP contribution >= 0.6 is 22.9 Å². The molecule has 3 aromatic rings. The molecule has 1 saturated heterocycles. The van der Waals surface area contributed by atoms with Crippen molar-refractivity contribution in [3.05, 3.63) is 92.6 Å². The van der Waals surface area contributed by atoms with Gasteiger partial charge in [0, 0.05) is 37.6 Å². The van der Waals surface area contributed by atoms with Crippen LogP contribution in [-0.4, -0.2) is 65.3 Å². The number of hydrogen-bond donors (Lipinski definition) is 0. The molecule has 1 aromatic heterocycles. The summed E-state index contributed by atoms with van der Waals surface area (Å²) < 4.78 is 0. The van der Waals surface area contributed by atoms with E-state index in [1.807, 2.05) is 41.4 Å². The van der Waals surface area contributed by atoms with Crippen molar-refractivity contribution in [1.82, 2.24) is 14.7 Å². The first-order chi connectivity index (χ1) is 16.5. The van der Waals surface area contributed by atoms with Gasteiger partial charge in [-0.25, -0.2) is 0 Å². The largest absolute Gasteiger partial charge is 0.338 e. The van der Waals surface area contributed by atoms with Gasteiger partial charge >= 0.3 is 0 Å². The average molecular weight is 494 g/mol. The molecule has 34 heavy (non-hydrogen) atoms. The normalized spacial score (nSPS) is 19.5. The topological polar surface area (TPSA) is 43.9 Å². The summed E-state index contributed by atoms with van der Waals surface area (Å²) in [6.07, 6.45) is 0.966. The number of rotatable bonds is 4. The van der Waals surface area contributed by atoms with Gasteiger partial charge in [0.1, 0.15) is 0 Å². The van der Waals surface area contributed by atoms with E-state index in [0.717, 1.165) is 13.0 Å². The summed E-state index contributed by atoms with van der Waals surface area (Å²) >= 11 is 8.03. The molecule has 0 N–H and O–H groups in total. The van der Waals surface area contributed by atoms with Gasteiger partial charge in [-0.2, -0.15) is 0 Å². The lowest BCUT2D eigenvalue weighted by Crippen LogP contribution is -2.56. The summed E-state index contributed by atoms with van der Waals surface area (Å²) in [4.78, 5) is 33.9. The highest BCUT2D eigenvalue weighted by Crippen LogP contribution is 2.39. The fourth-order valence-electron chi connectivity index (χ4n) is 5.10. The summed E-state index contributed by atoms with van der Waals surface area (Å²) in [5, 5.41) is 2.62. The molecule has 2 aromatic carbocycles. The Morgan fingerprint density at radius 3 is 2.32 bits per heavy atom. The number of benzene rings is 2. The summed E-state index contributed by atoms with van der Waals surface area (Å²) in [5.74, 6) is 0.0559. The van der Waals surface area contributed by atoms with Crippen LogP contribution < -0.4 is 0 Å². The summed E-state index contributed by atoms with van der Waals surface area (Å²) in [5.41, 5.74) is 3.05. The van der Waals surface area contributed by atoms with Crippen LogP contribution in [-0.2, 0) is 11.2 Å². The first kappa shape index (κ1) is 23.1. The van der Waals surface area contributed by atoms with Gasteiger partial charge in [-0.1, -0.05) is 54.1 Å². The second-order valence-electron chi connectivity index (χ2n) is 8.87. The Morgan fingerprint density at radius 2 is 1.59 bits per heavy atom. The number of halogens is 1. The molecule has 5 nitrogen and oxygen atoms in total. The molecule has 176 valence electrons. The van der Waals surface area contributed by atoms with Crippen molar-refractivity contribution in [1.29, 1.82) is 0 Å². The molecule has 1 fully saturated rings. The molecule has 2 aliphatic rings. The third-order valence-electron chi connectivity index (χ3n) is 6.96. The fourth-order valence-corrected chi connectivity index (χ4v) is 6.22. The zero-order valence-electron chi connectivity index (χ0n) is 19.2. The predicted octanol–water partition coefficient (Wildman–Crippen LogP) is 4.72. The van der Waals surface area contributed by atoms with Gasteiger partial charge in [0.05, 0.1) is 22.7 Å². The molecule has 0 bridgehead atoms. The monoisotopic (exact) mass is 493 g/mol. The Bertz CT molecular complexity index is 1170. The Labute approximate surface area is 209 Å². The van der Waals surface area contributed by atoms with Gasteiger partial charge in [0.2, 0.25) is 5.91 Å². The van der Waals surface area contributed by atoms with Crippen molar-refractivity contribution in [2.75, 3.05) is 32.7 Å². The minimum absolute atomic E-state index is 0.0732. The van der Waals surface area contributed by atoms with E-state index in [0.29, 0.717) is 36.8 Å². The number of carbonyl (C=O) groups excluding carboxylic acids is 2. The van der Waals surface area contributed by atoms with Crippen LogP contribution in [0.3, 0.4) is 0 Å². The summed E-state index contributed by atoms with van der Waals surface area (Å²) in [6, 6.07) is 19.6. The molecule has 0 aliphatic carbocycles. The molecule has 0 spiro atoms. The zero-order valence-corrected chi connectivity index (χ0v) is 20.8. The third kappa shape index (κ3) is 4.38. The molecule has 2 unspecified atom stereocenters. The number of thiophene rings is 1. The number of nitrogens with zero attached hydrogens (tertiary/aromatic N) is 3. The van der Waals surface area contributed by atoms with Crippen molar-refractivity contribution >= 4 is 34.8 Å². The molecule has 2 amide bonds. The number of piperazine rings is 1. The number of fused-ring (bicyclic) bond motifs is 1. The number of amides is 2. The summed E-state index contributed by atoms with van der Waals surface area (Å²) in [7, 11) is 0. The Kier molecular flexibility index (Phi) is 6.73. The van der Waals surface area contributed by atoms with Gasteiger partial charge in [-0.3, -0.25) is 14.5 Å². The quantitative estimate of drug-likeness (QED) is 0.528. The fraction of sp³-hybridized carbons (Fsp3) is 0.333. The standard InChI is InChI=1S/C27H28ClN3O2S/c1-19(31-13-11-24-22(12-18-34-24)25(31)20-7-3-2-4-8-20)26(32)29-14-16-30(17-15-29)27(33)21-9-5-6-10-23(21)28/h2-10,12,18-19,25H,11,13-17H2,1H3. The zero-order chi connectivity index (χ0) is 23.7. The maximum absolute atomic E-state index is 13.6. The van der Waals surface area contributed by atoms with E-state index in [4.69, 9.17) is 11.6 Å². The van der Waals surface area contributed by atoms with E-state index >= 15 is 0 Å². The average Bonchev–Trinajstić information content (AvgIpc) is 3.37. The van der Waals surface area contributed by atoms with Crippen LogP contribution in [0.4, 0.5) is 0 Å². The van der Waals surface area contributed by atoms with Gasteiger partial charge in [0.25, 0.3) is 5.91 Å². The Morgan fingerprint density at radius 1 is 0.912 bits per heavy atom. The second-order valence-corrected chi connectivity index (χ2v) is 10.3. The maximum Gasteiger partial charge on any atom is 0.255 e. The lowest BCUT2D eigenvalue weighted by atomic mass is 9.92. The van der Waals surface area contributed by atoms with Gasteiger partial charge < -0.3 is 9.80 Å². The van der Waals surface area contributed by atoms with Crippen molar-refractivity contribution in [2.24, 2.45) is 0 Å². The van der Waals surface area contributed by atoms with Crippen molar-refractivity contribution in [3.8, 4) is 0 Å². The Balaban J connectivity index is 1.29. The van der Waals surface area contributed by atoms with E-state index in [9.17, 15) is 9.59 Å². The van der Waals surface area contributed by atoms with Gasteiger partial charge in [0.15, 0.2) is 0 Å². The van der Waals surface area contributed by atoms with Crippen molar-refractivity contribution in [2.45, 2.75) is 25.4 Å². The van der Waals surface area contributed by atoms with Crippen LogP contribution in [0.5, 0.6) is 0 Å². The minimum atomic E-state index is -0.246. The SMILES string of the molecule is CC(C(=O)N1CCN(C(=O)c2ccccc2Cl)CC1)N1CCc2sccc2C1c1ccccc1. The van der Waals surface area contributed by atoms with Gasteiger partial charge in [-0.15, -0.1) is 11.3 Å². The van der Waals surface area contributed by atoms with Crippen LogP contribution in [0.2, 0.25) is 5.02 Å². The van der Waals surface area contributed by atoms with Crippen LogP contribution in [0, 0.1) is 0 Å². The molecule has 0 radical (unpaired) electrons. The third-order valence-corrected chi connectivity index (χ3v) is 8.28. The number of hydrogen-bond acceptors (Lipinski definition) is 4. The van der Waals surface area contributed by atoms with E-state index in [2.05, 4.69) is 40.6 Å². The molecule has 5 rings (SSSR count).